The second kappa shape index (κ2) is 7.70. The first-order chi connectivity index (χ1) is 12.0. The third-order valence-corrected chi connectivity index (χ3v) is 5.94. The SMILES string of the molecule is CCOC(=O)c1c(N=Cc2cc(Br)ccc2O)sc2c1CC[C@H](C)C2. The van der Waals surface area contributed by atoms with Gasteiger partial charge in [-0.3, -0.25) is 0 Å². The Kier molecular flexibility index (Phi) is 5.59. The number of fused-ring (bicyclic) bond motifs is 1. The van der Waals surface area contributed by atoms with Crippen molar-refractivity contribution in [1.82, 2.24) is 0 Å². The van der Waals surface area contributed by atoms with Crippen LogP contribution in [-0.4, -0.2) is 23.9 Å². The van der Waals surface area contributed by atoms with Crippen LogP contribution in [0.25, 0.3) is 0 Å². The molecule has 1 heterocycles. The number of hydrogen-bond acceptors (Lipinski definition) is 5. The molecule has 2 aromatic rings. The molecule has 0 bridgehead atoms. The molecule has 0 saturated carbocycles. The molecule has 0 radical (unpaired) electrons. The molecule has 1 aliphatic rings. The van der Waals surface area contributed by atoms with Gasteiger partial charge in [-0.25, -0.2) is 9.79 Å². The number of aromatic hydroxyl groups is 1. The van der Waals surface area contributed by atoms with Gasteiger partial charge in [-0.05, 0) is 55.9 Å². The van der Waals surface area contributed by atoms with E-state index in [2.05, 4.69) is 27.8 Å². The van der Waals surface area contributed by atoms with Crippen LogP contribution in [0.4, 0.5) is 5.00 Å². The second-order valence-electron chi connectivity index (χ2n) is 6.21. The van der Waals surface area contributed by atoms with E-state index in [9.17, 15) is 9.90 Å². The summed E-state index contributed by atoms with van der Waals surface area (Å²) in [4.78, 5) is 18.2. The van der Waals surface area contributed by atoms with Gasteiger partial charge in [0, 0.05) is 21.1 Å². The van der Waals surface area contributed by atoms with Crippen LogP contribution in [0.1, 0.15) is 46.6 Å². The quantitative estimate of drug-likeness (QED) is 0.540. The number of rotatable bonds is 4. The van der Waals surface area contributed by atoms with Crippen molar-refractivity contribution in [2.75, 3.05) is 6.61 Å². The molecule has 4 nitrogen and oxygen atoms in total. The molecule has 0 amide bonds. The summed E-state index contributed by atoms with van der Waals surface area (Å²) in [7, 11) is 0. The van der Waals surface area contributed by atoms with E-state index in [1.807, 2.05) is 0 Å². The minimum absolute atomic E-state index is 0.152. The van der Waals surface area contributed by atoms with E-state index in [1.54, 1.807) is 42.7 Å². The van der Waals surface area contributed by atoms with E-state index < -0.39 is 0 Å². The fourth-order valence-corrected chi connectivity index (χ4v) is 4.72. The molecule has 132 valence electrons. The number of nitrogens with zero attached hydrogens (tertiary/aromatic N) is 1. The Morgan fingerprint density at radius 1 is 1.52 bits per heavy atom. The van der Waals surface area contributed by atoms with Crippen molar-refractivity contribution >= 4 is 44.5 Å². The average molecular weight is 422 g/mol. The zero-order valence-corrected chi connectivity index (χ0v) is 16.6. The number of phenolic OH excluding ortho intramolecular Hbond substituents is 1. The van der Waals surface area contributed by atoms with E-state index in [0.29, 0.717) is 28.7 Å². The Hall–Kier alpha value is -1.66. The minimum Gasteiger partial charge on any atom is -0.507 e. The Bertz CT molecular complexity index is 828. The fourth-order valence-electron chi connectivity index (χ4n) is 3.00. The molecule has 1 aromatic heterocycles. The Morgan fingerprint density at radius 2 is 2.32 bits per heavy atom. The van der Waals surface area contributed by atoms with Crippen molar-refractivity contribution < 1.29 is 14.6 Å². The maximum absolute atomic E-state index is 12.5. The van der Waals surface area contributed by atoms with Crippen LogP contribution in [0, 0.1) is 5.92 Å². The summed E-state index contributed by atoms with van der Waals surface area (Å²) < 4.78 is 6.11. The lowest BCUT2D eigenvalue weighted by Gasteiger charge is -2.18. The summed E-state index contributed by atoms with van der Waals surface area (Å²) in [5.74, 6) is 0.465. The summed E-state index contributed by atoms with van der Waals surface area (Å²) in [5.41, 5.74) is 2.29. The predicted molar refractivity (Wildman–Crippen MR) is 105 cm³/mol. The van der Waals surface area contributed by atoms with E-state index in [1.165, 1.54) is 4.88 Å². The van der Waals surface area contributed by atoms with Gasteiger partial charge in [0.15, 0.2) is 0 Å². The van der Waals surface area contributed by atoms with Crippen molar-refractivity contribution in [3.63, 3.8) is 0 Å². The first-order valence-corrected chi connectivity index (χ1v) is 9.94. The molecular formula is C19H20BrNO3S. The molecule has 3 rings (SSSR count). The molecule has 1 aliphatic carbocycles. The van der Waals surface area contributed by atoms with Gasteiger partial charge in [0.25, 0.3) is 0 Å². The van der Waals surface area contributed by atoms with Crippen LogP contribution >= 0.6 is 27.3 Å². The van der Waals surface area contributed by atoms with E-state index in [-0.39, 0.29) is 11.7 Å². The normalized spacial score (nSPS) is 16.8. The van der Waals surface area contributed by atoms with E-state index >= 15 is 0 Å². The summed E-state index contributed by atoms with van der Waals surface area (Å²) >= 11 is 4.95. The van der Waals surface area contributed by atoms with Gasteiger partial charge < -0.3 is 9.84 Å². The molecule has 0 spiro atoms. The molecule has 0 saturated heterocycles. The van der Waals surface area contributed by atoms with Crippen LogP contribution in [0.3, 0.4) is 0 Å². The third kappa shape index (κ3) is 3.96. The van der Waals surface area contributed by atoms with Crippen LogP contribution in [-0.2, 0) is 17.6 Å². The highest BCUT2D eigenvalue weighted by molar-refractivity contribution is 9.10. The molecule has 1 atom stereocenters. The molecule has 0 aliphatic heterocycles. The van der Waals surface area contributed by atoms with Crippen molar-refractivity contribution in [2.24, 2.45) is 10.9 Å². The first kappa shape index (κ1) is 18.1. The van der Waals surface area contributed by atoms with Crippen LogP contribution in [0.5, 0.6) is 5.75 Å². The monoisotopic (exact) mass is 421 g/mol. The Morgan fingerprint density at radius 3 is 3.08 bits per heavy atom. The maximum atomic E-state index is 12.5. The molecule has 1 N–H and O–H groups in total. The summed E-state index contributed by atoms with van der Waals surface area (Å²) in [6, 6.07) is 5.17. The van der Waals surface area contributed by atoms with E-state index in [4.69, 9.17) is 4.74 Å². The summed E-state index contributed by atoms with van der Waals surface area (Å²) in [5, 5.41) is 10.6. The standard InChI is InChI=1S/C19H20BrNO3S/c1-3-24-19(23)17-14-6-4-11(2)8-16(14)25-18(17)21-10-12-9-13(20)5-7-15(12)22/h5,7,9-11,22H,3-4,6,8H2,1-2H3/t11-/m0/s1. The molecule has 0 fully saturated rings. The molecule has 6 heteroatoms. The highest BCUT2D eigenvalue weighted by Gasteiger charge is 2.28. The number of esters is 1. The molecule has 25 heavy (non-hydrogen) atoms. The van der Waals surface area contributed by atoms with Crippen LogP contribution < -0.4 is 0 Å². The largest absolute Gasteiger partial charge is 0.507 e. The maximum Gasteiger partial charge on any atom is 0.341 e. The number of benzene rings is 1. The Labute approximate surface area is 159 Å². The molecular weight excluding hydrogens is 402 g/mol. The van der Waals surface area contributed by atoms with Crippen molar-refractivity contribution in [3.05, 3.63) is 44.2 Å². The number of thiophene rings is 1. The third-order valence-electron chi connectivity index (χ3n) is 4.28. The van der Waals surface area contributed by atoms with E-state index in [0.717, 1.165) is 29.3 Å². The number of carbonyl (C=O) groups is 1. The number of phenols is 1. The lowest BCUT2D eigenvalue weighted by Crippen LogP contribution is -2.13. The van der Waals surface area contributed by atoms with Crippen molar-refractivity contribution in [1.29, 1.82) is 0 Å². The van der Waals surface area contributed by atoms with Gasteiger partial charge >= 0.3 is 5.97 Å². The van der Waals surface area contributed by atoms with Crippen molar-refractivity contribution in [3.8, 4) is 5.75 Å². The lowest BCUT2D eigenvalue weighted by atomic mass is 9.88. The predicted octanol–water partition coefficient (Wildman–Crippen LogP) is 5.27. The molecule has 1 aromatic carbocycles. The number of hydrogen-bond donors (Lipinski definition) is 1. The number of halogens is 1. The van der Waals surface area contributed by atoms with Gasteiger partial charge in [-0.1, -0.05) is 22.9 Å². The second-order valence-corrected chi connectivity index (χ2v) is 8.21. The highest BCUT2D eigenvalue weighted by Crippen LogP contribution is 2.41. The Balaban J connectivity index is 2.01. The fraction of sp³-hybridized carbons (Fsp3) is 0.368. The summed E-state index contributed by atoms with van der Waals surface area (Å²) in [6.45, 7) is 4.38. The minimum atomic E-state index is -0.305. The number of aliphatic imine (C=N–C) groups is 1. The zero-order valence-electron chi connectivity index (χ0n) is 14.2. The topological polar surface area (TPSA) is 58.9 Å². The van der Waals surface area contributed by atoms with Gasteiger partial charge in [0.05, 0.1) is 12.2 Å². The first-order valence-electron chi connectivity index (χ1n) is 8.33. The molecule has 0 unspecified atom stereocenters. The average Bonchev–Trinajstić information content (AvgIpc) is 2.93. The van der Waals surface area contributed by atoms with Crippen molar-refractivity contribution in [2.45, 2.75) is 33.1 Å². The zero-order chi connectivity index (χ0) is 18.0. The number of carbonyl (C=O) groups excluding carboxylic acids is 1. The summed E-state index contributed by atoms with van der Waals surface area (Å²) in [6.07, 6.45) is 4.54. The van der Waals surface area contributed by atoms with Gasteiger partial charge in [0.1, 0.15) is 10.8 Å². The number of ether oxygens (including phenoxy) is 1. The highest BCUT2D eigenvalue weighted by atomic mass is 79.9. The van der Waals surface area contributed by atoms with Crippen LogP contribution in [0.2, 0.25) is 0 Å². The van der Waals surface area contributed by atoms with Gasteiger partial charge in [-0.15, -0.1) is 11.3 Å². The van der Waals surface area contributed by atoms with Gasteiger partial charge in [0.2, 0.25) is 0 Å². The smallest absolute Gasteiger partial charge is 0.341 e. The van der Waals surface area contributed by atoms with Crippen LogP contribution in [0.15, 0.2) is 27.7 Å². The lowest BCUT2D eigenvalue weighted by molar-refractivity contribution is 0.0526. The van der Waals surface area contributed by atoms with Gasteiger partial charge in [-0.2, -0.15) is 0 Å².